The number of benzene rings is 1. The Balaban J connectivity index is 1.97. The van der Waals surface area contributed by atoms with Crippen LogP contribution in [0.15, 0.2) is 29.4 Å². The van der Waals surface area contributed by atoms with E-state index in [1.165, 1.54) is 23.9 Å². The number of carboxylic acid groups (broad SMARTS) is 1. The number of rotatable bonds is 6. The van der Waals surface area contributed by atoms with E-state index in [9.17, 15) is 9.59 Å². The maximum Gasteiger partial charge on any atom is 0.335 e. The van der Waals surface area contributed by atoms with Crippen molar-refractivity contribution in [3.8, 4) is 0 Å². The molecular formula is C17H19N3O3S. The van der Waals surface area contributed by atoms with Crippen molar-refractivity contribution in [3.05, 3.63) is 46.8 Å². The highest BCUT2D eigenvalue weighted by Gasteiger charge is 2.11. The van der Waals surface area contributed by atoms with E-state index in [1.807, 2.05) is 20.1 Å². The smallest absolute Gasteiger partial charge is 0.335 e. The average molecular weight is 345 g/mol. The molecule has 0 aliphatic heterocycles. The second kappa shape index (κ2) is 7.92. The van der Waals surface area contributed by atoms with Gasteiger partial charge in [-0.05, 0) is 56.4 Å². The molecule has 0 radical (unpaired) electrons. The normalized spacial score (nSPS) is 10.5. The van der Waals surface area contributed by atoms with Crippen LogP contribution in [0.1, 0.15) is 33.7 Å². The Morgan fingerprint density at radius 2 is 1.71 bits per heavy atom. The first-order valence-electron chi connectivity index (χ1n) is 7.42. The molecule has 0 spiro atoms. The van der Waals surface area contributed by atoms with Crippen LogP contribution in [0, 0.1) is 13.8 Å². The number of thioether (sulfide) groups is 1. The zero-order valence-electron chi connectivity index (χ0n) is 13.8. The molecule has 0 atom stereocenters. The highest BCUT2D eigenvalue weighted by atomic mass is 32.2. The van der Waals surface area contributed by atoms with Gasteiger partial charge >= 0.3 is 5.97 Å². The summed E-state index contributed by atoms with van der Waals surface area (Å²) in [6.45, 7) is 3.85. The van der Waals surface area contributed by atoms with Crippen molar-refractivity contribution in [1.29, 1.82) is 0 Å². The van der Waals surface area contributed by atoms with Crippen molar-refractivity contribution in [2.45, 2.75) is 31.8 Å². The van der Waals surface area contributed by atoms with Crippen molar-refractivity contribution in [2.24, 2.45) is 0 Å². The minimum atomic E-state index is -0.993. The third-order valence-electron chi connectivity index (χ3n) is 3.60. The van der Waals surface area contributed by atoms with Crippen LogP contribution >= 0.6 is 11.8 Å². The minimum Gasteiger partial charge on any atom is -0.478 e. The zero-order valence-corrected chi connectivity index (χ0v) is 14.6. The van der Waals surface area contributed by atoms with Gasteiger partial charge in [0.05, 0.1) is 5.56 Å². The summed E-state index contributed by atoms with van der Waals surface area (Å²) in [7, 11) is 0. The summed E-state index contributed by atoms with van der Waals surface area (Å²) < 4.78 is 0. The maximum atomic E-state index is 12.1. The van der Waals surface area contributed by atoms with Gasteiger partial charge in [0.25, 0.3) is 0 Å². The summed E-state index contributed by atoms with van der Waals surface area (Å²) in [5.41, 5.74) is 3.54. The number of aryl methyl sites for hydroxylation is 2. The van der Waals surface area contributed by atoms with Gasteiger partial charge in [-0.25, -0.2) is 14.8 Å². The number of aromatic nitrogens is 2. The fourth-order valence-electron chi connectivity index (χ4n) is 2.32. The molecule has 2 rings (SSSR count). The number of aromatic carboxylic acids is 1. The van der Waals surface area contributed by atoms with E-state index in [4.69, 9.17) is 5.11 Å². The number of carboxylic acids is 1. The lowest BCUT2D eigenvalue weighted by Crippen LogP contribution is -2.14. The Morgan fingerprint density at radius 1 is 1.12 bits per heavy atom. The molecule has 0 saturated heterocycles. The number of anilines is 1. The van der Waals surface area contributed by atoms with Crippen molar-refractivity contribution in [2.75, 3.05) is 11.6 Å². The van der Waals surface area contributed by atoms with Gasteiger partial charge in [-0.15, -0.1) is 0 Å². The van der Waals surface area contributed by atoms with Gasteiger partial charge < -0.3 is 10.4 Å². The number of carbonyl (C=O) groups excluding carboxylic acids is 1. The Morgan fingerprint density at radius 3 is 2.21 bits per heavy atom. The van der Waals surface area contributed by atoms with Crippen LogP contribution in [0.3, 0.4) is 0 Å². The largest absolute Gasteiger partial charge is 0.478 e. The molecule has 1 amide bonds. The van der Waals surface area contributed by atoms with Gasteiger partial charge in [0.15, 0.2) is 5.16 Å². The van der Waals surface area contributed by atoms with Gasteiger partial charge in [0, 0.05) is 23.5 Å². The highest BCUT2D eigenvalue weighted by Crippen LogP contribution is 2.17. The lowest BCUT2D eigenvalue weighted by atomic mass is 10.1. The molecule has 1 aromatic heterocycles. The molecule has 1 aromatic carbocycles. The summed E-state index contributed by atoms with van der Waals surface area (Å²) in [6.07, 6.45) is 2.80. The molecule has 0 aliphatic rings. The van der Waals surface area contributed by atoms with Crippen LogP contribution in [-0.2, 0) is 11.2 Å². The van der Waals surface area contributed by atoms with Crippen molar-refractivity contribution in [3.63, 3.8) is 0 Å². The minimum absolute atomic E-state index is 0.134. The van der Waals surface area contributed by atoms with Crippen molar-refractivity contribution >= 4 is 29.3 Å². The molecular weight excluding hydrogens is 326 g/mol. The molecule has 24 heavy (non-hydrogen) atoms. The summed E-state index contributed by atoms with van der Waals surface area (Å²) >= 11 is 1.49. The molecule has 2 aromatic rings. The molecule has 0 bridgehead atoms. The summed E-state index contributed by atoms with van der Waals surface area (Å²) in [4.78, 5) is 31.7. The Labute approximate surface area is 144 Å². The van der Waals surface area contributed by atoms with E-state index in [2.05, 4.69) is 15.3 Å². The third kappa shape index (κ3) is 4.55. The van der Waals surface area contributed by atoms with Crippen LogP contribution in [-0.4, -0.2) is 33.2 Å². The van der Waals surface area contributed by atoms with E-state index >= 15 is 0 Å². The first-order valence-corrected chi connectivity index (χ1v) is 8.64. The average Bonchev–Trinajstić information content (AvgIpc) is 2.54. The van der Waals surface area contributed by atoms with E-state index in [0.29, 0.717) is 18.5 Å². The number of nitrogens with zero attached hydrogens (tertiary/aromatic N) is 2. The van der Waals surface area contributed by atoms with Crippen LogP contribution in [0.25, 0.3) is 0 Å². The van der Waals surface area contributed by atoms with Gasteiger partial charge in [-0.3, -0.25) is 4.79 Å². The Bertz CT molecular complexity index is 737. The number of carbonyl (C=O) groups is 2. The Hall–Kier alpha value is -2.41. The number of hydrogen-bond acceptors (Lipinski definition) is 5. The van der Waals surface area contributed by atoms with Gasteiger partial charge in [-0.2, -0.15) is 0 Å². The molecule has 0 fully saturated rings. The lowest BCUT2D eigenvalue weighted by molar-refractivity contribution is -0.116. The summed E-state index contributed by atoms with van der Waals surface area (Å²) in [6, 6.07) is 6.07. The van der Waals surface area contributed by atoms with Crippen LogP contribution in [0.4, 0.5) is 5.69 Å². The highest BCUT2D eigenvalue weighted by molar-refractivity contribution is 7.98. The van der Waals surface area contributed by atoms with Crippen LogP contribution in [0.5, 0.6) is 0 Å². The number of amides is 1. The van der Waals surface area contributed by atoms with E-state index in [-0.39, 0.29) is 11.5 Å². The molecule has 1 heterocycles. The summed E-state index contributed by atoms with van der Waals surface area (Å²) in [5.74, 6) is -1.13. The number of hydrogen-bond donors (Lipinski definition) is 2. The fourth-order valence-corrected chi connectivity index (χ4v) is 2.78. The van der Waals surface area contributed by atoms with E-state index in [1.54, 1.807) is 12.1 Å². The third-order valence-corrected chi connectivity index (χ3v) is 4.15. The molecule has 7 heteroatoms. The fraction of sp³-hybridized carbons (Fsp3) is 0.294. The molecule has 0 saturated carbocycles. The predicted octanol–water partition coefficient (Wildman–Crippen LogP) is 3.08. The lowest BCUT2D eigenvalue weighted by Gasteiger charge is -2.10. The first-order chi connectivity index (χ1) is 11.4. The molecule has 126 valence electrons. The van der Waals surface area contributed by atoms with Crippen LogP contribution in [0.2, 0.25) is 0 Å². The van der Waals surface area contributed by atoms with Gasteiger partial charge in [0.1, 0.15) is 0 Å². The van der Waals surface area contributed by atoms with Crippen LogP contribution < -0.4 is 5.32 Å². The molecule has 0 aliphatic carbocycles. The predicted molar refractivity (Wildman–Crippen MR) is 93.6 cm³/mol. The van der Waals surface area contributed by atoms with Crippen molar-refractivity contribution in [1.82, 2.24) is 9.97 Å². The quantitative estimate of drug-likeness (QED) is 0.617. The number of nitrogens with one attached hydrogen (secondary N) is 1. The van der Waals surface area contributed by atoms with Gasteiger partial charge in [-0.1, -0.05) is 11.8 Å². The molecule has 0 unspecified atom stereocenters. The van der Waals surface area contributed by atoms with Gasteiger partial charge in [0.2, 0.25) is 5.91 Å². The standard InChI is InChI=1S/C17H19N3O3S/c1-10-14(11(2)19-17(18-10)24-3)8-9-15(21)20-13-6-4-12(5-7-13)16(22)23/h4-7H,8-9H2,1-3H3,(H,20,21)(H,22,23). The molecule has 6 nitrogen and oxygen atoms in total. The Kier molecular flexibility index (Phi) is 5.92. The summed E-state index contributed by atoms with van der Waals surface area (Å²) in [5, 5.41) is 12.4. The molecule has 2 N–H and O–H groups in total. The monoisotopic (exact) mass is 345 g/mol. The zero-order chi connectivity index (χ0) is 17.7. The SMILES string of the molecule is CSc1nc(C)c(CCC(=O)Nc2ccc(C(=O)O)cc2)c(C)n1. The van der Waals surface area contributed by atoms with Crippen molar-refractivity contribution < 1.29 is 14.7 Å². The first kappa shape index (κ1) is 17.9. The topological polar surface area (TPSA) is 92.2 Å². The second-order valence-corrected chi connectivity index (χ2v) is 6.06. The maximum absolute atomic E-state index is 12.1. The second-order valence-electron chi connectivity index (χ2n) is 5.29. The van der Waals surface area contributed by atoms with E-state index < -0.39 is 5.97 Å². The van der Waals surface area contributed by atoms with E-state index in [0.717, 1.165) is 22.1 Å².